The minimum absolute atomic E-state index is 0.00298. The Kier molecular flexibility index (Phi) is 3.91. The van der Waals surface area contributed by atoms with Crippen LogP contribution >= 0.6 is 11.3 Å². The van der Waals surface area contributed by atoms with Crippen molar-refractivity contribution in [1.82, 2.24) is 9.97 Å². The fourth-order valence-corrected chi connectivity index (χ4v) is 3.25. The number of pyridine rings is 1. The first-order valence-electron chi connectivity index (χ1n) is 7.45. The maximum Gasteiger partial charge on any atom is 0.433 e. The van der Waals surface area contributed by atoms with Crippen LogP contribution in [0, 0.1) is 0 Å². The summed E-state index contributed by atoms with van der Waals surface area (Å²) in [5.41, 5.74) is -0.428. The number of benzene rings is 1. The first-order chi connectivity index (χ1) is 12.4. The number of hydrogen-bond acceptors (Lipinski definition) is 6. The summed E-state index contributed by atoms with van der Waals surface area (Å²) in [5.74, 6) is 0.596. The second-order valence-electron chi connectivity index (χ2n) is 5.37. The van der Waals surface area contributed by atoms with E-state index in [0.717, 1.165) is 23.0 Å². The molecule has 6 nitrogen and oxygen atoms in total. The number of amides is 1. The lowest BCUT2D eigenvalue weighted by molar-refractivity contribution is -0.141. The molecule has 4 rings (SSSR count). The largest absolute Gasteiger partial charge is 0.486 e. The highest BCUT2D eigenvalue weighted by atomic mass is 32.1. The van der Waals surface area contributed by atoms with Gasteiger partial charge in [-0.25, -0.2) is 4.98 Å². The first kappa shape index (κ1) is 16.6. The summed E-state index contributed by atoms with van der Waals surface area (Å²) in [5, 5.41) is 2.87. The van der Waals surface area contributed by atoms with Gasteiger partial charge in [0.25, 0.3) is 5.91 Å². The molecule has 1 aliphatic rings. The molecule has 3 heterocycles. The van der Waals surface area contributed by atoms with Gasteiger partial charge in [0.2, 0.25) is 0 Å². The molecule has 0 spiro atoms. The Bertz CT molecular complexity index is 943. The molecule has 0 saturated heterocycles. The lowest BCUT2D eigenvalue weighted by Gasteiger charge is -2.17. The molecule has 3 aromatic rings. The molecule has 1 aromatic carbocycles. The number of hydrogen-bond donors (Lipinski definition) is 1. The molecule has 1 aliphatic heterocycles. The summed E-state index contributed by atoms with van der Waals surface area (Å²) in [6, 6.07) is 5.32. The van der Waals surface area contributed by atoms with Crippen LogP contribution in [0.15, 0.2) is 30.5 Å². The number of anilines is 1. The van der Waals surface area contributed by atoms with Crippen LogP contribution in [-0.4, -0.2) is 29.1 Å². The third kappa shape index (κ3) is 3.15. The van der Waals surface area contributed by atoms with Crippen molar-refractivity contribution in [3.8, 4) is 11.5 Å². The zero-order valence-electron chi connectivity index (χ0n) is 13.0. The van der Waals surface area contributed by atoms with Gasteiger partial charge in [-0.3, -0.25) is 15.1 Å². The molecule has 0 saturated carbocycles. The van der Waals surface area contributed by atoms with E-state index in [4.69, 9.17) is 9.47 Å². The number of aromatic nitrogens is 2. The lowest BCUT2D eigenvalue weighted by Crippen LogP contribution is -2.15. The van der Waals surface area contributed by atoms with E-state index in [1.165, 1.54) is 11.3 Å². The van der Waals surface area contributed by atoms with Crippen LogP contribution in [0.4, 0.5) is 18.3 Å². The Hall–Kier alpha value is -2.88. The van der Waals surface area contributed by atoms with E-state index >= 15 is 0 Å². The zero-order chi connectivity index (χ0) is 18.3. The average Bonchev–Trinajstić information content (AvgIpc) is 3.00. The summed E-state index contributed by atoms with van der Waals surface area (Å²) in [6.45, 7) is 0.912. The number of nitrogens with one attached hydrogen (secondary N) is 1. The Labute approximate surface area is 148 Å². The van der Waals surface area contributed by atoms with Crippen LogP contribution in [0.1, 0.15) is 16.1 Å². The number of halogens is 3. The van der Waals surface area contributed by atoms with Gasteiger partial charge in [0.15, 0.2) is 16.6 Å². The molecule has 10 heteroatoms. The molecular weight excluding hydrogens is 371 g/mol. The second kappa shape index (κ2) is 6.13. The number of fused-ring (bicyclic) bond motifs is 2. The van der Waals surface area contributed by atoms with Crippen molar-refractivity contribution < 1.29 is 27.4 Å². The summed E-state index contributed by atoms with van der Waals surface area (Å²) in [4.78, 5) is 19.8. The van der Waals surface area contributed by atoms with Crippen molar-refractivity contribution in [2.75, 3.05) is 18.5 Å². The number of carbonyl (C=O) groups is 1. The molecule has 1 amide bonds. The lowest BCUT2D eigenvalue weighted by atomic mass is 10.2. The second-order valence-corrected chi connectivity index (χ2v) is 6.40. The molecule has 134 valence electrons. The van der Waals surface area contributed by atoms with E-state index < -0.39 is 17.8 Å². The van der Waals surface area contributed by atoms with Crippen LogP contribution in [0.25, 0.3) is 10.2 Å². The average molecular weight is 381 g/mol. The van der Waals surface area contributed by atoms with Crippen molar-refractivity contribution in [2.24, 2.45) is 0 Å². The Morgan fingerprint density at radius 3 is 2.54 bits per heavy atom. The van der Waals surface area contributed by atoms with Crippen molar-refractivity contribution >= 4 is 32.6 Å². The quantitative estimate of drug-likeness (QED) is 0.732. The molecule has 0 radical (unpaired) electrons. The van der Waals surface area contributed by atoms with Crippen LogP contribution in [0.3, 0.4) is 0 Å². The van der Waals surface area contributed by atoms with E-state index in [9.17, 15) is 18.0 Å². The highest BCUT2D eigenvalue weighted by Crippen LogP contribution is 2.38. The molecular formula is C16H10F3N3O3S. The minimum Gasteiger partial charge on any atom is -0.486 e. The topological polar surface area (TPSA) is 73.3 Å². The highest BCUT2D eigenvalue weighted by molar-refractivity contribution is 7.22. The third-order valence-electron chi connectivity index (χ3n) is 3.59. The van der Waals surface area contributed by atoms with Gasteiger partial charge in [-0.05, 0) is 12.1 Å². The molecule has 0 aliphatic carbocycles. The zero-order valence-corrected chi connectivity index (χ0v) is 13.8. The molecule has 2 aromatic heterocycles. The van der Waals surface area contributed by atoms with Crippen LogP contribution in [0.5, 0.6) is 11.5 Å². The molecule has 1 N–H and O–H groups in total. The summed E-state index contributed by atoms with van der Waals surface area (Å²) >= 11 is 1.22. The Morgan fingerprint density at radius 2 is 1.88 bits per heavy atom. The molecule has 0 fully saturated rings. The normalized spacial score (nSPS) is 13.7. The third-order valence-corrected chi connectivity index (χ3v) is 4.52. The number of carbonyl (C=O) groups excluding carboxylic acids is 1. The summed E-state index contributed by atoms with van der Waals surface area (Å²) in [6.07, 6.45) is -3.67. The van der Waals surface area contributed by atoms with Crippen LogP contribution in [0.2, 0.25) is 0 Å². The van der Waals surface area contributed by atoms with Gasteiger partial charge < -0.3 is 9.47 Å². The van der Waals surface area contributed by atoms with Gasteiger partial charge in [-0.1, -0.05) is 11.3 Å². The monoisotopic (exact) mass is 381 g/mol. The van der Waals surface area contributed by atoms with Crippen molar-refractivity contribution in [2.45, 2.75) is 6.18 Å². The number of rotatable bonds is 2. The van der Waals surface area contributed by atoms with Crippen LogP contribution < -0.4 is 14.8 Å². The van der Waals surface area contributed by atoms with Gasteiger partial charge >= 0.3 is 6.18 Å². The standard InChI is InChI=1S/C16H10F3N3O3S/c17-16(18,19)13-2-1-8(7-20-13)14(23)22-15-21-9-5-10-11(6-12(9)26-15)25-4-3-24-10/h1-2,5-7H,3-4H2,(H,21,22,23). The van der Waals surface area contributed by atoms with Gasteiger partial charge in [0.05, 0.1) is 15.8 Å². The number of nitrogens with zero attached hydrogens (tertiary/aromatic N) is 2. The number of thiazole rings is 1. The number of alkyl halides is 3. The van der Waals surface area contributed by atoms with E-state index in [-0.39, 0.29) is 5.56 Å². The van der Waals surface area contributed by atoms with E-state index in [1.807, 2.05) is 0 Å². The number of ether oxygens (including phenoxy) is 2. The predicted octanol–water partition coefficient (Wildman–Crippen LogP) is 3.73. The van der Waals surface area contributed by atoms with E-state index in [1.54, 1.807) is 12.1 Å². The molecule has 26 heavy (non-hydrogen) atoms. The van der Waals surface area contributed by atoms with E-state index in [2.05, 4.69) is 15.3 Å². The fourth-order valence-electron chi connectivity index (χ4n) is 2.38. The van der Waals surface area contributed by atoms with Gasteiger partial charge in [0.1, 0.15) is 18.9 Å². The predicted molar refractivity (Wildman–Crippen MR) is 87.8 cm³/mol. The van der Waals surface area contributed by atoms with Crippen molar-refractivity contribution in [3.63, 3.8) is 0 Å². The first-order valence-corrected chi connectivity index (χ1v) is 8.26. The van der Waals surface area contributed by atoms with Gasteiger partial charge in [-0.15, -0.1) is 0 Å². The smallest absolute Gasteiger partial charge is 0.433 e. The summed E-state index contributed by atoms with van der Waals surface area (Å²) < 4.78 is 49.3. The maximum absolute atomic E-state index is 12.5. The van der Waals surface area contributed by atoms with E-state index in [0.29, 0.717) is 35.4 Å². The minimum atomic E-state index is -4.55. The highest BCUT2D eigenvalue weighted by Gasteiger charge is 2.32. The maximum atomic E-state index is 12.5. The molecule has 0 bridgehead atoms. The Balaban J connectivity index is 1.55. The van der Waals surface area contributed by atoms with Gasteiger partial charge in [-0.2, -0.15) is 13.2 Å². The molecule has 0 unspecified atom stereocenters. The van der Waals surface area contributed by atoms with Crippen molar-refractivity contribution in [3.05, 3.63) is 41.7 Å². The van der Waals surface area contributed by atoms with Crippen molar-refractivity contribution in [1.29, 1.82) is 0 Å². The van der Waals surface area contributed by atoms with Crippen LogP contribution in [-0.2, 0) is 6.18 Å². The van der Waals surface area contributed by atoms with Gasteiger partial charge in [0, 0.05) is 18.3 Å². The fraction of sp³-hybridized carbons (Fsp3) is 0.188. The summed E-state index contributed by atoms with van der Waals surface area (Å²) in [7, 11) is 0. The molecule has 0 atom stereocenters. The Morgan fingerprint density at radius 1 is 1.15 bits per heavy atom. The SMILES string of the molecule is O=C(Nc1nc2cc3c(cc2s1)OCCO3)c1ccc(C(F)(F)F)nc1.